The van der Waals surface area contributed by atoms with Crippen LogP contribution in [0.3, 0.4) is 0 Å². The first kappa shape index (κ1) is 34.9. The summed E-state index contributed by atoms with van der Waals surface area (Å²) < 4.78 is 219. The third kappa shape index (κ3) is 4.92. The molecule has 0 aromatic heterocycles. The normalized spacial score (nSPS) is 17.2. The van der Waals surface area contributed by atoms with E-state index < -0.39 is 78.9 Å². The molecule has 1 fully saturated rings. The lowest BCUT2D eigenvalue weighted by Crippen LogP contribution is -2.75. The molecule has 1 aromatic carbocycles. The van der Waals surface area contributed by atoms with Gasteiger partial charge in [0.1, 0.15) is 0 Å². The van der Waals surface area contributed by atoms with E-state index in [1.54, 1.807) is 26.0 Å². The number of benzene rings is 1. The monoisotopic (exact) mass is 652 g/mol. The maximum atomic E-state index is 14.4. The molecule has 41 heavy (non-hydrogen) atoms. The van der Waals surface area contributed by atoms with Gasteiger partial charge in [0.15, 0.2) is 0 Å². The lowest BCUT2D eigenvalue weighted by molar-refractivity contribution is -0.446. The van der Waals surface area contributed by atoms with Gasteiger partial charge in [-0.2, -0.15) is 70.2 Å². The van der Waals surface area contributed by atoms with Crippen LogP contribution in [0.5, 0.6) is 0 Å². The number of halogens is 17. The van der Waals surface area contributed by atoms with Gasteiger partial charge in [-0.25, -0.2) is 0 Å². The van der Waals surface area contributed by atoms with Gasteiger partial charge in [0.05, 0.1) is 0 Å². The average Bonchev–Trinajstić information content (AvgIpc) is 2.83. The van der Waals surface area contributed by atoms with Crippen LogP contribution in [0.25, 0.3) is 0 Å². The molecule has 0 spiro atoms. The Morgan fingerprint density at radius 1 is 0.634 bits per heavy atom. The number of carbonyl (C=O) groups is 1. The maximum Gasteiger partial charge on any atom is 0.393 e. The fraction of sp³-hybridized carbons (Fsp3) is 0.667. The van der Waals surface area contributed by atoms with Crippen LogP contribution in [0, 0.1) is 13.8 Å². The average molecular weight is 653 g/mol. The van der Waals surface area contributed by atoms with Gasteiger partial charge in [-0.05, 0) is 42.6 Å². The molecule has 3 nitrogen and oxygen atoms in total. The van der Waals surface area contributed by atoms with Gasteiger partial charge in [0.2, 0.25) is 0 Å². The van der Waals surface area contributed by atoms with Gasteiger partial charge < -0.3 is 9.80 Å². The summed E-state index contributed by atoms with van der Waals surface area (Å²) in [5, 5.41) is -6.85. The van der Waals surface area contributed by atoms with Gasteiger partial charge in [0, 0.05) is 31.9 Å². The minimum Gasteiger partial charge on any atom is -0.368 e. The van der Waals surface area contributed by atoms with Gasteiger partial charge in [-0.15, -0.1) is 0 Å². The first-order chi connectivity index (χ1) is 18.1. The minimum atomic E-state index is -8.61. The number of anilines is 1. The van der Waals surface area contributed by atoms with Crippen molar-refractivity contribution in [2.24, 2.45) is 0 Å². The summed E-state index contributed by atoms with van der Waals surface area (Å²) in [6.07, 6.45) is 0. The second-order valence-corrected chi connectivity index (χ2v) is 9.49. The topological polar surface area (TPSA) is 23.6 Å². The summed E-state index contributed by atoms with van der Waals surface area (Å²) in [5.41, 5.74) is 1.87. The van der Waals surface area contributed by atoms with Crippen molar-refractivity contribution in [3.63, 3.8) is 0 Å². The van der Waals surface area contributed by atoms with Crippen molar-refractivity contribution in [1.29, 1.82) is 0 Å². The molecule has 0 radical (unpaired) electrons. The highest BCUT2D eigenvalue weighted by Crippen LogP contribution is 2.64. The summed E-state index contributed by atoms with van der Waals surface area (Å²) in [5.74, 6) is -60.1. The predicted molar refractivity (Wildman–Crippen MR) is 110 cm³/mol. The molecule has 1 heterocycles. The van der Waals surface area contributed by atoms with E-state index in [0.717, 1.165) is 5.56 Å². The SMILES string of the molecule is Cc1cccc(N2CCN(C(=O)C(F)(F)C(F)(F)C(F)(F)C(F)(F)C(F)(F)C(F)(F)C(F)(F)C(F)(F)Cl)CC2)c1C. The van der Waals surface area contributed by atoms with Gasteiger partial charge in [-0.3, -0.25) is 4.79 Å². The maximum absolute atomic E-state index is 14.4. The fourth-order valence-electron chi connectivity index (χ4n) is 3.73. The molecule has 1 aliphatic rings. The van der Waals surface area contributed by atoms with E-state index in [2.05, 4.69) is 11.6 Å². The van der Waals surface area contributed by atoms with Crippen molar-refractivity contribution in [2.45, 2.75) is 60.7 Å². The molecule has 236 valence electrons. The van der Waals surface area contributed by atoms with Crippen LogP contribution in [-0.2, 0) is 4.79 Å². The van der Waals surface area contributed by atoms with E-state index in [9.17, 15) is 75.0 Å². The fourth-order valence-corrected chi connectivity index (χ4v) is 3.84. The number of hydrogen-bond donors (Lipinski definition) is 0. The number of nitrogens with zero attached hydrogens (tertiary/aromatic N) is 2. The lowest BCUT2D eigenvalue weighted by atomic mass is 9.88. The number of hydrogen-bond acceptors (Lipinski definition) is 2. The summed E-state index contributed by atoms with van der Waals surface area (Å²) in [6, 6.07) is 4.78. The number of piperazine rings is 1. The summed E-state index contributed by atoms with van der Waals surface area (Å²) >= 11 is 3.48. The van der Waals surface area contributed by atoms with Crippen molar-refractivity contribution < 1.29 is 75.0 Å². The molecule has 0 saturated carbocycles. The first-order valence-electron chi connectivity index (χ1n) is 10.9. The summed E-state index contributed by atoms with van der Waals surface area (Å²) in [4.78, 5) is 13.3. The Kier molecular flexibility index (Phi) is 8.62. The number of rotatable bonds is 9. The van der Waals surface area contributed by atoms with Crippen LogP contribution in [0.15, 0.2) is 18.2 Å². The van der Waals surface area contributed by atoms with Crippen molar-refractivity contribution in [3.8, 4) is 0 Å². The highest BCUT2D eigenvalue weighted by atomic mass is 35.5. The molecule has 0 unspecified atom stereocenters. The largest absolute Gasteiger partial charge is 0.393 e. The highest BCUT2D eigenvalue weighted by molar-refractivity contribution is 6.22. The Morgan fingerprint density at radius 3 is 1.44 bits per heavy atom. The number of alkyl halides is 17. The van der Waals surface area contributed by atoms with Gasteiger partial charge in [0.25, 0.3) is 5.91 Å². The Bertz CT molecular complexity index is 1140. The molecule has 1 saturated heterocycles. The first-order valence-corrected chi connectivity index (χ1v) is 11.3. The minimum absolute atomic E-state index is 0.237. The van der Waals surface area contributed by atoms with Crippen molar-refractivity contribution >= 4 is 23.2 Å². The Labute approximate surface area is 225 Å². The van der Waals surface area contributed by atoms with E-state index in [1.165, 1.54) is 11.0 Å². The third-order valence-electron chi connectivity index (χ3n) is 6.47. The zero-order valence-electron chi connectivity index (χ0n) is 20.3. The quantitative estimate of drug-likeness (QED) is 0.208. The van der Waals surface area contributed by atoms with Crippen LogP contribution in [0.1, 0.15) is 11.1 Å². The molecule has 1 aliphatic heterocycles. The molecule has 20 heteroatoms. The molecular weight excluding hydrogens is 636 g/mol. The van der Waals surface area contributed by atoms with Crippen LogP contribution >= 0.6 is 11.6 Å². The molecule has 0 aliphatic carbocycles. The van der Waals surface area contributed by atoms with Crippen LogP contribution < -0.4 is 4.90 Å². The molecule has 1 amide bonds. The molecule has 0 N–H and O–H groups in total. The van der Waals surface area contributed by atoms with E-state index >= 15 is 0 Å². The van der Waals surface area contributed by atoms with Crippen molar-refractivity contribution in [1.82, 2.24) is 4.90 Å². The predicted octanol–water partition coefficient (Wildman–Crippen LogP) is 7.23. The standard InChI is InChI=1S/C21H17ClF16N2O/c1-10-4-3-5-12(11(10)2)39-6-8-40(9-7-39)13(41)14(23,24)15(25,26)16(27,28)17(29,30)18(31,32)19(33,34)20(35,36)21(22,37)38/h3-5H,6-9H2,1-2H3. The molecule has 1 aromatic rings. The number of amides is 1. The van der Waals surface area contributed by atoms with E-state index in [0.29, 0.717) is 11.3 Å². The second-order valence-electron chi connectivity index (χ2n) is 9.02. The second kappa shape index (κ2) is 10.1. The van der Waals surface area contributed by atoms with Crippen LogP contribution in [0.4, 0.5) is 75.9 Å². The van der Waals surface area contributed by atoms with E-state index in [-0.39, 0.29) is 4.90 Å². The van der Waals surface area contributed by atoms with Gasteiger partial charge in [-0.1, -0.05) is 12.1 Å². The zero-order chi connectivity index (χ0) is 32.4. The van der Waals surface area contributed by atoms with Crippen molar-refractivity contribution in [2.75, 3.05) is 31.1 Å². The molecule has 0 atom stereocenters. The van der Waals surface area contributed by atoms with Crippen LogP contribution in [-0.4, -0.2) is 83.8 Å². The summed E-state index contributed by atoms with van der Waals surface area (Å²) in [7, 11) is 0. The third-order valence-corrected chi connectivity index (χ3v) is 6.71. The van der Waals surface area contributed by atoms with Crippen molar-refractivity contribution in [3.05, 3.63) is 29.3 Å². The molecule has 0 bridgehead atoms. The van der Waals surface area contributed by atoms with Gasteiger partial charge >= 0.3 is 46.8 Å². The van der Waals surface area contributed by atoms with E-state index in [4.69, 9.17) is 0 Å². The lowest BCUT2D eigenvalue weighted by Gasteiger charge is -2.44. The zero-order valence-corrected chi connectivity index (χ0v) is 21.0. The number of aryl methyl sites for hydroxylation is 1. The molecular formula is C21H17ClF16N2O. The number of carbonyl (C=O) groups excluding carboxylic acids is 1. The summed E-state index contributed by atoms with van der Waals surface area (Å²) in [6.45, 7) is 0.588. The Balaban J connectivity index is 2.41. The highest BCUT2D eigenvalue weighted by Gasteiger charge is 2.95. The molecule has 2 rings (SSSR count). The smallest absolute Gasteiger partial charge is 0.368 e. The van der Waals surface area contributed by atoms with Crippen LogP contribution in [0.2, 0.25) is 0 Å². The Hall–Kier alpha value is -2.34. The van der Waals surface area contributed by atoms with E-state index in [1.807, 2.05) is 0 Å². The Morgan fingerprint density at radius 2 is 1.02 bits per heavy atom.